The lowest BCUT2D eigenvalue weighted by Crippen LogP contribution is -2.08. The van der Waals surface area contributed by atoms with Gasteiger partial charge in [0.05, 0.1) is 0 Å². The molecular formula is C5H9N5. The van der Waals surface area contributed by atoms with Gasteiger partial charge in [-0.1, -0.05) is 0 Å². The van der Waals surface area contributed by atoms with Crippen molar-refractivity contribution in [2.45, 2.75) is 0 Å². The van der Waals surface area contributed by atoms with E-state index >= 15 is 0 Å². The standard InChI is InChI=1S/C5H9N5/c1-9(2)5-8-10-3-6-7-4-10/h3-5H,1-2H3. The Hall–Kier alpha value is -1.39. The van der Waals surface area contributed by atoms with Crippen molar-refractivity contribution in [2.24, 2.45) is 5.10 Å². The fourth-order valence-electron chi connectivity index (χ4n) is 0.418. The predicted octanol–water partition coefficient (Wildman–Crippen LogP) is -0.369. The van der Waals surface area contributed by atoms with Gasteiger partial charge in [-0.2, -0.15) is 5.10 Å². The van der Waals surface area contributed by atoms with Gasteiger partial charge >= 0.3 is 0 Å². The first-order valence-corrected chi connectivity index (χ1v) is 2.84. The SMILES string of the molecule is CN(C)C=Nn1cnnc1. The maximum atomic E-state index is 3.96. The first-order valence-electron chi connectivity index (χ1n) is 2.84. The van der Waals surface area contributed by atoms with Gasteiger partial charge in [-0.25, -0.2) is 4.68 Å². The highest BCUT2D eigenvalue weighted by molar-refractivity contribution is 5.53. The van der Waals surface area contributed by atoms with Gasteiger partial charge in [0, 0.05) is 14.1 Å². The summed E-state index contributed by atoms with van der Waals surface area (Å²) in [6.45, 7) is 0. The lowest BCUT2D eigenvalue weighted by Gasteiger charge is -2.00. The topological polar surface area (TPSA) is 46.3 Å². The fourth-order valence-corrected chi connectivity index (χ4v) is 0.418. The first-order chi connectivity index (χ1) is 4.79. The van der Waals surface area contributed by atoms with Crippen LogP contribution in [0.3, 0.4) is 0 Å². The Morgan fingerprint density at radius 2 is 2.00 bits per heavy atom. The molecule has 1 aromatic heterocycles. The van der Waals surface area contributed by atoms with E-state index in [1.807, 2.05) is 19.0 Å². The third-order valence-electron chi connectivity index (χ3n) is 0.822. The van der Waals surface area contributed by atoms with Gasteiger partial charge in [0.25, 0.3) is 0 Å². The highest BCUT2D eigenvalue weighted by Crippen LogP contribution is 1.78. The molecule has 0 saturated carbocycles. The van der Waals surface area contributed by atoms with Gasteiger partial charge in [-0.05, 0) is 0 Å². The molecule has 0 amide bonds. The van der Waals surface area contributed by atoms with E-state index in [1.54, 1.807) is 6.34 Å². The second kappa shape index (κ2) is 2.95. The normalized spacial score (nSPS) is 10.6. The van der Waals surface area contributed by atoms with Crippen molar-refractivity contribution >= 4 is 6.34 Å². The molecule has 1 rings (SSSR count). The molecule has 5 heteroatoms. The van der Waals surface area contributed by atoms with E-state index in [9.17, 15) is 0 Å². The molecule has 0 spiro atoms. The quantitative estimate of drug-likeness (QED) is 0.415. The summed E-state index contributed by atoms with van der Waals surface area (Å²) in [7, 11) is 3.79. The van der Waals surface area contributed by atoms with Gasteiger partial charge in [0.1, 0.15) is 19.0 Å². The molecule has 0 bridgehead atoms. The lowest BCUT2D eigenvalue weighted by molar-refractivity contribution is 0.632. The molecule has 0 aliphatic carbocycles. The molecule has 0 aliphatic heterocycles. The van der Waals surface area contributed by atoms with E-state index in [2.05, 4.69) is 15.3 Å². The van der Waals surface area contributed by atoms with Crippen LogP contribution in [0.15, 0.2) is 17.8 Å². The Morgan fingerprint density at radius 3 is 2.50 bits per heavy atom. The van der Waals surface area contributed by atoms with Crippen LogP contribution in [0.1, 0.15) is 0 Å². The van der Waals surface area contributed by atoms with E-state index in [4.69, 9.17) is 0 Å². The first kappa shape index (κ1) is 6.73. The Kier molecular flexibility index (Phi) is 1.99. The molecule has 0 aliphatic rings. The average molecular weight is 139 g/mol. The van der Waals surface area contributed by atoms with Gasteiger partial charge in [0.2, 0.25) is 0 Å². The number of aromatic nitrogens is 3. The zero-order valence-electron chi connectivity index (χ0n) is 5.97. The highest BCUT2D eigenvalue weighted by Gasteiger charge is 1.81. The molecule has 0 aromatic carbocycles. The van der Waals surface area contributed by atoms with Crippen molar-refractivity contribution < 1.29 is 0 Å². The summed E-state index contributed by atoms with van der Waals surface area (Å²) in [6.07, 6.45) is 4.73. The van der Waals surface area contributed by atoms with Crippen LogP contribution in [0.5, 0.6) is 0 Å². The summed E-state index contributed by atoms with van der Waals surface area (Å²) in [5, 5.41) is 11.1. The average Bonchev–Trinajstić information content (AvgIpc) is 2.34. The fraction of sp³-hybridized carbons (Fsp3) is 0.400. The zero-order chi connectivity index (χ0) is 7.40. The molecular weight excluding hydrogens is 130 g/mol. The lowest BCUT2D eigenvalue weighted by atomic mass is 11.0. The second-order valence-corrected chi connectivity index (χ2v) is 2.04. The van der Waals surface area contributed by atoms with Crippen LogP contribution in [-0.4, -0.2) is 40.2 Å². The Labute approximate surface area is 59.0 Å². The van der Waals surface area contributed by atoms with Crippen LogP contribution in [0, 0.1) is 0 Å². The summed E-state index contributed by atoms with van der Waals surface area (Å²) in [5.41, 5.74) is 0. The zero-order valence-corrected chi connectivity index (χ0v) is 5.97. The number of rotatable bonds is 2. The van der Waals surface area contributed by atoms with Crippen molar-refractivity contribution in [2.75, 3.05) is 14.1 Å². The molecule has 54 valence electrons. The van der Waals surface area contributed by atoms with Crippen LogP contribution < -0.4 is 0 Å². The molecule has 0 fully saturated rings. The van der Waals surface area contributed by atoms with Crippen molar-refractivity contribution in [3.63, 3.8) is 0 Å². The van der Waals surface area contributed by atoms with Crippen LogP contribution in [0.4, 0.5) is 0 Å². The van der Waals surface area contributed by atoms with Crippen molar-refractivity contribution in [3.8, 4) is 0 Å². The van der Waals surface area contributed by atoms with Gasteiger partial charge in [-0.3, -0.25) is 0 Å². The van der Waals surface area contributed by atoms with Gasteiger partial charge < -0.3 is 4.90 Å². The minimum absolute atomic E-state index is 1.53. The van der Waals surface area contributed by atoms with Crippen LogP contribution in [-0.2, 0) is 0 Å². The summed E-state index contributed by atoms with van der Waals surface area (Å²) >= 11 is 0. The maximum absolute atomic E-state index is 3.96. The molecule has 1 aromatic rings. The van der Waals surface area contributed by atoms with E-state index in [0.717, 1.165) is 0 Å². The van der Waals surface area contributed by atoms with E-state index in [1.165, 1.54) is 17.3 Å². The highest BCUT2D eigenvalue weighted by atomic mass is 15.4. The number of hydrogen-bond donors (Lipinski definition) is 0. The summed E-state index contributed by atoms with van der Waals surface area (Å²) in [6, 6.07) is 0. The predicted molar refractivity (Wildman–Crippen MR) is 37.6 cm³/mol. The number of hydrogen-bond acceptors (Lipinski definition) is 3. The van der Waals surface area contributed by atoms with Gasteiger partial charge in [0.15, 0.2) is 0 Å². The van der Waals surface area contributed by atoms with Crippen LogP contribution >= 0.6 is 0 Å². The summed E-state index contributed by atoms with van der Waals surface area (Å²) in [4.78, 5) is 1.83. The van der Waals surface area contributed by atoms with Crippen molar-refractivity contribution in [1.82, 2.24) is 19.8 Å². The maximum Gasteiger partial charge on any atom is 0.141 e. The number of nitrogens with zero attached hydrogens (tertiary/aromatic N) is 5. The summed E-state index contributed by atoms with van der Waals surface area (Å²) < 4.78 is 1.53. The minimum atomic E-state index is 1.53. The van der Waals surface area contributed by atoms with Crippen LogP contribution in [0.25, 0.3) is 0 Å². The van der Waals surface area contributed by atoms with Gasteiger partial charge in [-0.15, -0.1) is 10.2 Å². The molecule has 1 heterocycles. The molecule has 10 heavy (non-hydrogen) atoms. The minimum Gasteiger partial charge on any atom is -0.367 e. The summed E-state index contributed by atoms with van der Waals surface area (Å²) in [5.74, 6) is 0. The Balaban J connectivity index is 2.55. The van der Waals surface area contributed by atoms with E-state index in [-0.39, 0.29) is 0 Å². The molecule has 0 saturated heterocycles. The third kappa shape index (κ3) is 1.85. The molecule has 5 nitrogen and oxygen atoms in total. The largest absolute Gasteiger partial charge is 0.367 e. The van der Waals surface area contributed by atoms with Crippen LogP contribution in [0.2, 0.25) is 0 Å². The second-order valence-electron chi connectivity index (χ2n) is 2.04. The Morgan fingerprint density at radius 1 is 1.40 bits per heavy atom. The van der Waals surface area contributed by atoms with E-state index < -0.39 is 0 Å². The molecule has 0 atom stereocenters. The molecule has 0 unspecified atom stereocenters. The molecule has 0 radical (unpaired) electrons. The monoisotopic (exact) mass is 139 g/mol. The van der Waals surface area contributed by atoms with E-state index in [0.29, 0.717) is 0 Å². The van der Waals surface area contributed by atoms with Crippen molar-refractivity contribution in [3.05, 3.63) is 12.7 Å². The van der Waals surface area contributed by atoms with Crippen molar-refractivity contribution in [1.29, 1.82) is 0 Å². The Bertz CT molecular complexity index is 200. The smallest absolute Gasteiger partial charge is 0.141 e. The molecule has 0 N–H and O–H groups in total. The third-order valence-corrected chi connectivity index (χ3v) is 0.822.